The van der Waals surface area contributed by atoms with Gasteiger partial charge in [0.05, 0.1) is 12.8 Å². The van der Waals surface area contributed by atoms with Crippen molar-refractivity contribution >= 4 is 17.8 Å². The molecule has 9 heteroatoms. The van der Waals surface area contributed by atoms with Crippen molar-refractivity contribution in [1.82, 2.24) is 20.2 Å². The van der Waals surface area contributed by atoms with Crippen LogP contribution in [-0.4, -0.2) is 66.0 Å². The predicted molar refractivity (Wildman–Crippen MR) is 93.3 cm³/mol. The number of carbonyl (C=O) groups excluding carboxylic acids is 1. The lowest BCUT2D eigenvalue weighted by Crippen LogP contribution is -2.51. The molecular weight excluding hydrogens is 322 g/mol. The molecule has 3 rings (SSSR count). The van der Waals surface area contributed by atoms with Crippen molar-refractivity contribution in [2.24, 2.45) is 10.7 Å². The van der Waals surface area contributed by atoms with Gasteiger partial charge in [-0.2, -0.15) is 0 Å². The molecule has 2 aromatic rings. The van der Waals surface area contributed by atoms with Gasteiger partial charge in [0, 0.05) is 45.1 Å². The van der Waals surface area contributed by atoms with Crippen LogP contribution in [0.1, 0.15) is 10.6 Å². The first-order chi connectivity index (χ1) is 12.2. The van der Waals surface area contributed by atoms with Crippen LogP contribution in [0.2, 0.25) is 0 Å². The van der Waals surface area contributed by atoms with Crippen LogP contribution < -0.4 is 16.0 Å². The van der Waals surface area contributed by atoms with Crippen molar-refractivity contribution in [2.45, 2.75) is 0 Å². The molecule has 0 atom stereocenters. The fourth-order valence-corrected chi connectivity index (χ4v) is 2.52. The van der Waals surface area contributed by atoms with Crippen LogP contribution in [0.5, 0.6) is 0 Å². The van der Waals surface area contributed by atoms with E-state index in [0.29, 0.717) is 19.0 Å². The number of nitrogens with zero attached hydrogens (tertiary/aromatic N) is 5. The summed E-state index contributed by atoms with van der Waals surface area (Å²) in [5.41, 5.74) is 6.04. The van der Waals surface area contributed by atoms with E-state index in [1.807, 2.05) is 4.90 Å². The van der Waals surface area contributed by atoms with Crippen molar-refractivity contribution in [1.29, 1.82) is 0 Å². The maximum atomic E-state index is 11.7. The number of furan rings is 1. The van der Waals surface area contributed by atoms with Crippen LogP contribution in [-0.2, 0) is 0 Å². The minimum atomic E-state index is -0.254. The summed E-state index contributed by atoms with van der Waals surface area (Å²) in [6, 6.07) is 5.09. The van der Waals surface area contributed by atoms with Crippen molar-refractivity contribution in [3.63, 3.8) is 0 Å². The number of aromatic nitrogens is 2. The summed E-state index contributed by atoms with van der Waals surface area (Å²) in [5, 5.41) is 2.73. The van der Waals surface area contributed by atoms with Gasteiger partial charge in [0.25, 0.3) is 5.91 Å². The molecule has 0 radical (unpaired) electrons. The summed E-state index contributed by atoms with van der Waals surface area (Å²) in [6.45, 7) is 3.90. The lowest BCUT2D eigenvalue weighted by molar-refractivity contribution is 0.0927. The van der Waals surface area contributed by atoms with Crippen LogP contribution in [0.3, 0.4) is 0 Å². The number of hydrogen-bond acceptors (Lipinski definition) is 6. The van der Waals surface area contributed by atoms with Crippen molar-refractivity contribution in [2.75, 3.05) is 44.2 Å². The molecule has 0 spiro atoms. The Hall–Kier alpha value is -3.10. The number of hydrogen-bond donors (Lipinski definition) is 2. The SMILES string of the molecule is NC(=NCCNC(=O)c1ccco1)N1CCN(c2ncccn2)CC1. The average molecular weight is 343 g/mol. The van der Waals surface area contributed by atoms with Gasteiger partial charge in [0.15, 0.2) is 11.7 Å². The molecule has 9 nitrogen and oxygen atoms in total. The molecule has 132 valence electrons. The lowest BCUT2D eigenvalue weighted by atomic mass is 10.3. The van der Waals surface area contributed by atoms with Crippen molar-refractivity contribution in [3.05, 3.63) is 42.6 Å². The molecule has 25 heavy (non-hydrogen) atoms. The number of guanidine groups is 1. The Morgan fingerprint density at radius 3 is 2.68 bits per heavy atom. The summed E-state index contributed by atoms with van der Waals surface area (Å²) in [4.78, 5) is 28.7. The normalized spacial score (nSPS) is 15.3. The first-order valence-corrected chi connectivity index (χ1v) is 8.12. The highest BCUT2D eigenvalue weighted by Gasteiger charge is 2.19. The fourth-order valence-electron chi connectivity index (χ4n) is 2.52. The van der Waals surface area contributed by atoms with Gasteiger partial charge in [-0.05, 0) is 18.2 Å². The number of carbonyl (C=O) groups is 1. The van der Waals surface area contributed by atoms with Gasteiger partial charge < -0.3 is 25.3 Å². The zero-order valence-corrected chi connectivity index (χ0v) is 13.8. The van der Waals surface area contributed by atoms with E-state index in [-0.39, 0.29) is 11.7 Å². The summed E-state index contributed by atoms with van der Waals surface area (Å²) >= 11 is 0. The number of aliphatic imine (C=N–C) groups is 1. The number of nitrogens with two attached hydrogens (primary N) is 1. The van der Waals surface area contributed by atoms with Crippen LogP contribution in [0.25, 0.3) is 0 Å². The second kappa shape index (κ2) is 8.13. The number of anilines is 1. The summed E-state index contributed by atoms with van der Waals surface area (Å²) in [7, 11) is 0. The van der Waals surface area contributed by atoms with E-state index >= 15 is 0 Å². The Morgan fingerprint density at radius 1 is 1.24 bits per heavy atom. The second-order valence-electron chi connectivity index (χ2n) is 5.50. The minimum Gasteiger partial charge on any atom is -0.459 e. The van der Waals surface area contributed by atoms with E-state index < -0.39 is 0 Å². The molecule has 1 amide bonds. The van der Waals surface area contributed by atoms with Gasteiger partial charge in [-0.1, -0.05) is 0 Å². The third kappa shape index (κ3) is 4.46. The van der Waals surface area contributed by atoms with Crippen LogP contribution in [0.4, 0.5) is 5.95 Å². The van der Waals surface area contributed by atoms with Gasteiger partial charge in [-0.3, -0.25) is 9.79 Å². The molecule has 2 aromatic heterocycles. The van der Waals surface area contributed by atoms with E-state index in [0.717, 1.165) is 32.1 Å². The Labute approximate surface area is 145 Å². The molecular formula is C16H21N7O2. The molecule has 3 N–H and O–H groups in total. The van der Waals surface area contributed by atoms with Crippen LogP contribution in [0, 0.1) is 0 Å². The standard InChI is InChI=1S/C16H21N7O2/c17-15(19-7-6-18-14(24)13-3-1-12-25-13)22-8-10-23(11-9-22)16-20-4-2-5-21-16/h1-5,12H,6-11H2,(H2,17,19)(H,18,24). The Balaban J connectivity index is 1.40. The summed E-state index contributed by atoms with van der Waals surface area (Å²) < 4.78 is 5.02. The molecule has 0 bridgehead atoms. The van der Waals surface area contributed by atoms with Gasteiger partial charge in [0.1, 0.15) is 0 Å². The zero-order valence-electron chi connectivity index (χ0n) is 13.8. The number of rotatable bonds is 5. The average Bonchev–Trinajstić information content (AvgIpc) is 3.21. The first-order valence-electron chi connectivity index (χ1n) is 8.12. The third-order valence-corrected chi connectivity index (χ3v) is 3.85. The molecule has 0 aliphatic carbocycles. The fraction of sp³-hybridized carbons (Fsp3) is 0.375. The summed E-state index contributed by atoms with van der Waals surface area (Å²) in [5.74, 6) is 1.26. The van der Waals surface area contributed by atoms with E-state index in [1.165, 1.54) is 6.26 Å². The summed E-state index contributed by atoms with van der Waals surface area (Å²) in [6.07, 6.45) is 4.94. The highest BCUT2D eigenvalue weighted by atomic mass is 16.3. The Bertz CT molecular complexity index is 695. The van der Waals surface area contributed by atoms with E-state index in [9.17, 15) is 4.79 Å². The maximum absolute atomic E-state index is 11.7. The molecule has 1 fully saturated rings. The zero-order chi connectivity index (χ0) is 17.5. The quantitative estimate of drug-likeness (QED) is 0.444. The van der Waals surface area contributed by atoms with Crippen molar-refractivity contribution < 1.29 is 9.21 Å². The van der Waals surface area contributed by atoms with Crippen LogP contribution >= 0.6 is 0 Å². The highest BCUT2D eigenvalue weighted by molar-refractivity contribution is 5.91. The third-order valence-electron chi connectivity index (χ3n) is 3.85. The Kier molecular flexibility index (Phi) is 5.45. The molecule has 0 saturated carbocycles. The highest BCUT2D eigenvalue weighted by Crippen LogP contribution is 2.09. The lowest BCUT2D eigenvalue weighted by Gasteiger charge is -2.35. The van der Waals surface area contributed by atoms with E-state index in [1.54, 1.807) is 30.6 Å². The van der Waals surface area contributed by atoms with E-state index in [2.05, 4.69) is 25.2 Å². The predicted octanol–water partition coefficient (Wildman–Crippen LogP) is -0.0637. The van der Waals surface area contributed by atoms with Gasteiger partial charge in [-0.25, -0.2) is 9.97 Å². The molecule has 1 saturated heterocycles. The van der Waals surface area contributed by atoms with Gasteiger partial charge in [0.2, 0.25) is 5.95 Å². The number of nitrogens with one attached hydrogen (secondary N) is 1. The van der Waals surface area contributed by atoms with Gasteiger partial charge >= 0.3 is 0 Å². The second-order valence-corrected chi connectivity index (χ2v) is 5.50. The van der Waals surface area contributed by atoms with Crippen LogP contribution in [0.15, 0.2) is 46.3 Å². The monoisotopic (exact) mass is 343 g/mol. The van der Waals surface area contributed by atoms with Gasteiger partial charge in [-0.15, -0.1) is 0 Å². The molecule has 0 aromatic carbocycles. The molecule has 3 heterocycles. The molecule has 1 aliphatic rings. The number of amides is 1. The first kappa shape index (κ1) is 16.7. The number of piperazine rings is 1. The van der Waals surface area contributed by atoms with E-state index in [4.69, 9.17) is 10.2 Å². The Morgan fingerprint density at radius 2 is 2.00 bits per heavy atom. The topological polar surface area (TPSA) is 113 Å². The maximum Gasteiger partial charge on any atom is 0.287 e. The minimum absolute atomic E-state index is 0.254. The molecule has 0 unspecified atom stereocenters. The smallest absolute Gasteiger partial charge is 0.287 e. The van der Waals surface area contributed by atoms with Crippen molar-refractivity contribution in [3.8, 4) is 0 Å². The largest absolute Gasteiger partial charge is 0.459 e. The molecule has 1 aliphatic heterocycles.